The third-order valence-electron chi connectivity index (χ3n) is 5.91. The van der Waals surface area contributed by atoms with Gasteiger partial charge < -0.3 is 4.90 Å². The summed E-state index contributed by atoms with van der Waals surface area (Å²) in [5.74, 6) is 0.536. The Morgan fingerprint density at radius 2 is 1.75 bits per heavy atom. The molecule has 28 heavy (non-hydrogen) atoms. The summed E-state index contributed by atoms with van der Waals surface area (Å²) in [5.41, 5.74) is 6.58. The molecule has 2 atom stereocenters. The summed E-state index contributed by atoms with van der Waals surface area (Å²) in [7, 11) is 4.41. The molecule has 1 aliphatic rings. The molecule has 2 aromatic carbocycles. The summed E-state index contributed by atoms with van der Waals surface area (Å²) in [6, 6.07) is 18.3. The van der Waals surface area contributed by atoms with E-state index in [1.54, 1.807) is 0 Å². The van der Waals surface area contributed by atoms with Gasteiger partial charge in [-0.25, -0.2) is 4.68 Å². The Hall–Kier alpha value is -2.43. The molecule has 4 rings (SSSR count). The van der Waals surface area contributed by atoms with E-state index in [2.05, 4.69) is 85.3 Å². The highest BCUT2D eigenvalue weighted by Crippen LogP contribution is 2.32. The topological polar surface area (TPSA) is 24.3 Å². The highest BCUT2D eigenvalue weighted by molar-refractivity contribution is 5.43. The molecular formula is C24H30N4. The lowest BCUT2D eigenvalue weighted by atomic mass is 9.93. The number of aryl methyl sites for hydroxylation is 2. The zero-order valence-corrected chi connectivity index (χ0v) is 17.3. The van der Waals surface area contributed by atoms with Crippen molar-refractivity contribution in [1.29, 1.82) is 0 Å². The molecule has 1 saturated heterocycles. The lowest BCUT2D eigenvalue weighted by Gasteiger charge is -2.25. The SMILES string of the molecule is Cc1ccc([C@@H]2CN(Cc3cc(C)ccc3-n3cccn3)C[C@H]2N(C)C)cc1. The molecule has 1 aliphatic heterocycles. The van der Waals surface area contributed by atoms with Gasteiger partial charge in [0.15, 0.2) is 0 Å². The van der Waals surface area contributed by atoms with E-state index in [0.717, 1.165) is 19.6 Å². The van der Waals surface area contributed by atoms with Crippen molar-refractivity contribution in [3.05, 3.63) is 83.2 Å². The minimum absolute atomic E-state index is 0.528. The Balaban J connectivity index is 1.59. The highest BCUT2D eigenvalue weighted by Gasteiger charge is 2.35. The molecule has 0 spiro atoms. The van der Waals surface area contributed by atoms with Crippen LogP contribution in [0, 0.1) is 13.8 Å². The summed E-state index contributed by atoms with van der Waals surface area (Å²) in [5, 5.41) is 4.46. The van der Waals surface area contributed by atoms with E-state index in [0.29, 0.717) is 12.0 Å². The van der Waals surface area contributed by atoms with Crippen molar-refractivity contribution in [3.8, 4) is 5.69 Å². The summed E-state index contributed by atoms with van der Waals surface area (Å²) in [4.78, 5) is 4.98. The molecule has 0 saturated carbocycles. The molecule has 4 nitrogen and oxygen atoms in total. The van der Waals surface area contributed by atoms with Gasteiger partial charge in [-0.15, -0.1) is 0 Å². The molecule has 1 aromatic heterocycles. The van der Waals surface area contributed by atoms with Crippen LogP contribution in [0.3, 0.4) is 0 Å². The number of rotatable bonds is 5. The van der Waals surface area contributed by atoms with E-state index in [9.17, 15) is 0 Å². The van der Waals surface area contributed by atoms with Crippen molar-refractivity contribution in [1.82, 2.24) is 19.6 Å². The van der Waals surface area contributed by atoms with Crippen molar-refractivity contribution in [2.45, 2.75) is 32.4 Å². The molecule has 3 aromatic rings. The Kier molecular flexibility index (Phi) is 5.33. The van der Waals surface area contributed by atoms with E-state index >= 15 is 0 Å². The van der Waals surface area contributed by atoms with E-state index in [1.165, 1.54) is 27.9 Å². The second-order valence-corrected chi connectivity index (χ2v) is 8.33. The largest absolute Gasteiger partial charge is 0.305 e. The van der Waals surface area contributed by atoms with Crippen LogP contribution in [0.4, 0.5) is 0 Å². The molecule has 1 fully saturated rings. The average molecular weight is 375 g/mol. The normalized spacial score (nSPS) is 20.2. The van der Waals surface area contributed by atoms with E-state index in [4.69, 9.17) is 0 Å². The lowest BCUT2D eigenvalue weighted by Crippen LogP contribution is -2.34. The Labute approximate surface area is 168 Å². The summed E-state index contributed by atoms with van der Waals surface area (Å²) in [6.45, 7) is 7.43. The second-order valence-electron chi connectivity index (χ2n) is 8.33. The first-order valence-corrected chi connectivity index (χ1v) is 10.1. The fourth-order valence-electron chi connectivity index (χ4n) is 4.38. The van der Waals surface area contributed by atoms with Gasteiger partial charge in [-0.3, -0.25) is 4.90 Å². The van der Waals surface area contributed by atoms with Gasteiger partial charge in [-0.2, -0.15) is 5.10 Å². The van der Waals surface area contributed by atoms with Gasteiger partial charge in [0.25, 0.3) is 0 Å². The standard InChI is InChI=1S/C24H30N4/c1-18-6-9-20(10-7-18)22-16-27(17-24(22)26(3)4)15-21-14-19(2)8-11-23(21)28-13-5-12-25-28/h5-14,22,24H,15-17H2,1-4H3/t22-,24+/m0/s1. The smallest absolute Gasteiger partial charge is 0.0690 e. The zero-order chi connectivity index (χ0) is 19.7. The van der Waals surface area contributed by atoms with Crippen LogP contribution in [-0.2, 0) is 6.54 Å². The first-order chi connectivity index (χ1) is 13.5. The van der Waals surface area contributed by atoms with E-state index < -0.39 is 0 Å². The van der Waals surface area contributed by atoms with E-state index in [1.807, 2.05) is 23.1 Å². The first-order valence-electron chi connectivity index (χ1n) is 10.1. The Bertz CT molecular complexity index is 912. The number of likely N-dealkylation sites (tertiary alicyclic amines) is 1. The van der Waals surface area contributed by atoms with Gasteiger partial charge in [-0.1, -0.05) is 47.5 Å². The molecule has 0 unspecified atom stereocenters. The van der Waals surface area contributed by atoms with Crippen molar-refractivity contribution in [2.24, 2.45) is 0 Å². The van der Waals surface area contributed by atoms with Crippen LogP contribution in [0.15, 0.2) is 60.9 Å². The predicted octanol–water partition coefficient (Wildman–Crippen LogP) is 4.02. The van der Waals surface area contributed by atoms with Gasteiger partial charge >= 0.3 is 0 Å². The van der Waals surface area contributed by atoms with Crippen LogP contribution >= 0.6 is 0 Å². The van der Waals surface area contributed by atoms with Crippen LogP contribution in [0.1, 0.15) is 28.2 Å². The van der Waals surface area contributed by atoms with Crippen LogP contribution in [0.2, 0.25) is 0 Å². The van der Waals surface area contributed by atoms with E-state index in [-0.39, 0.29) is 0 Å². The summed E-state index contributed by atoms with van der Waals surface area (Å²) >= 11 is 0. The van der Waals surface area contributed by atoms with Gasteiger partial charge in [0.2, 0.25) is 0 Å². The van der Waals surface area contributed by atoms with Crippen LogP contribution in [0.25, 0.3) is 5.69 Å². The minimum atomic E-state index is 0.528. The quantitative estimate of drug-likeness (QED) is 0.674. The highest BCUT2D eigenvalue weighted by atomic mass is 15.3. The number of hydrogen-bond donors (Lipinski definition) is 0. The van der Waals surface area contributed by atoms with Crippen molar-refractivity contribution in [2.75, 3.05) is 27.2 Å². The van der Waals surface area contributed by atoms with Gasteiger partial charge in [0.1, 0.15) is 0 Å². The monoisotopic (exact) mass is 374 g/mol. The van der Waals surface area contributed by atoms with Crippen molar-refractivity contribution >= 4 is 0 Å². The fourth-order valence-corrected chi connectivity index (χ4v) is 4.38. The maximum atomic E-state index is 4.46. The van der Waals surface area contributed by atoms with Crippen LogP contribution in [0.5, 0.6) is 0 Å². The maximum Gasteiger partial charge on any atom is 0.0690 e. The molecule has 0 amide bonds. The third-order valence-corrected chi connectivity index (χ3v) is 5.91. The molecule has 2 heterocycles. The first kappa shape index (κ1) is 18.9. The number of benzene rings is 2. The number of aromatic nitrogens is 2. The number of nitrogens with zero attached hydrogens (tertiary/aromatic N) is 4. The molecule has 4 heteroatoms. The molecular weight excluding hydrogens is 344 g/mol. The average Bonchev–Trinajstić information content (AvgIpc) is 3.33. The molecule has 0 radical (unpaired) electrons. The van der Waals surface area contributed by atoms with Crippen LogP contribution in [-0.4, -0.2) is 52.8 Å². The Morgan fingerprint density at radius 1 is 1.00 bits per heavy atom. The Morgan fingerprint density at radius 3 is 2.43 bits per heavy atom. The third kappa shape index (κ3) is 3.89. The van der Waals surface area contributed by atoms with Crippen molar-refractivity contribution < 1.29 is 0 Å². The summed E-state index contributed by atoms with van der Waals surface area (Å²) in [6.07, 6.45) is 3.87. The maximum absolute atomic E-state index is 4.46. The molecule has 146 valence electrons. The molecule has 0 aliphatic carbocycles. The minimum Gasteiger partial charge on any atom is -0.305 e. The molecule has 0 bridgehead atoms. The lowest BCUT2D eigenvalue weighted by molar-refractivity contribution is 0.259. The van der Waals surface area contributed by atoms with Gasteiger partial charge in [-0.05, 0) is 51.2 Å². The van der Waals surface area contributed by atoms with Gasteiger partial charge in [0.05, 0.1) is 5.69 Å². The fraction of sp³-hybridized carbons (Fsp3) is 0.375. The zero-order valence-electron chi connectivity index (χ0n) is 17.3. The second kappa shape index (κ2) is 7.90. The summed E-state index contributed by atoms with van der Waals surface area (Å²) < 4.78 is 1.98. The van der Waals surface area contributed by atoms with Crippen LogP contribution < -0.4 is 0 Å². The predicted molar refractivity (Wildman–Crippen MR) is 115 cm³/mol. The van der Waals surface area contributed by atoms with Crippen molar-refractivity contribution in [3.63, 3.8) is 0 Å². The van der Waals surface area contributed by atoms with Gasteiger partial charge in [0, 0.05) is 44.0 Å². The number of likely N-dealkylation sites (N-methyl/N-ethyl adjacent to an activating group) is 1. The molecule has 0 N–H and O–H groups in total. The number of hydrogen-bond acceptors (Lipinski definition) is 3.